The number of aromatic nitrogens is 6. The molecule has 0 bridgehead atoms. The number of fused-ring (bicyclic) bond motifs is 1. The third-order valence-electron chi connectivity index (χ3n) is 5.90. The third-order valence-corrected chi connectivity index (χ3v) is 5.90. The fraction of sp³-hybridized carbons (Fsp3) is 0.476. The Morgan fingerprint density at radius 3 is 2.59 bits per heavy atom. The van der Waals surface area contributed by atoms with Crippen molar-refractivity contribution in [3.8, 4) is 11.4 Å². The number of ether oxygens (including phenoxy) is 1. The van der Waals surface area contributed by atoms with Crippen LogP contribution in [0.2, 0.25) is 0 Å². The molecule has 4 heterocycles. The molecule has 0 aromatic carbocycles. The van der Waals surface area contributed by atoms with Crippen molar-refractivity contribution in [2.45, 2.75) is 38.8 Å². The Labute approximate surface area is 184 Å². The summed E-state index contributed by atoms with van der Waals surface area (Å²) in [5.74, 6) is 0.689. The summed E-state index contributed by atoms with van der Waals surface area (Å²) in [5, 5.41) is 3.34. The molecule has 2 aliphatic rings. The van der Waals surface area contributed by atoms with Crippen molar-refractivity contribution in [2.24, 2.45) is 5.92 Å². The predicted octanol–water partition coefficient (Wildman–Crippen LogP) is 1.19. The highest BCUT2D eigenvalue weighted by Crippen LogP contribution is 2.36. The lowest BCUT2D eigenvalue weighted by molar-refractivity contribution is -0.120. The fourth-order valence-electron chi connectivity index (χ4n) is 4.11. The number of hydrogen-bond acceptors (Lipinski definition) is 9. The van der Waals surface area contributed by atoms with Gasteiger partial charge in [-0.05, 0) is 32.7 Å². The van der Waals surface area contributed by atoms with Gasteiger partial charge in [0.05, 0.1) is 18.7 Å². The number of imidazole rings is 1. The summed E-state index contributed by atoms with van der Waals surface area (Å²) in [6.07, 6.45) is 7.27. The molecule has 3 aromatic rings. The van der Waals surface area contributed by atoms with E-state index in [1.807, 2.05) is 16.4 Å². The minimum Gasteiger partial charge on any atom is -0.463 e. The van der Waals surface area contributed by atoms with Gasteiger partial charge in [0.15, 0.2) is 17.0 Å². The van der Waals surface area contributed by atoms with Crippen LogP contribution in [0.15, 0.2) is 18.7 Å². The van der Waals surface area contributed by atoms with E-state index in [0.29, 0.717) is 34.9 Å². The van der Waals surface area contributed by atoms with Crippen LogP contribution >= 0.6 is 0 Å². The van der Waals surface area contributed by atoms with Gasteiger partial charge in [-0.15, -0.1) is 0 Å². The molecule has 1 saturated carbocycles. The first-order chi connectivity index (χ1) is 15.6. The third kappa shape index (κ3) is 3.48. The quantitative estimate of drug-likeness (QED) is 0.567. The second-order valence-corrected chi connectivity index (χ2v) is 7.97. The van der Waals surface area contributed by atoms with Gasteiger partial charge < -0.3 is 14.6 Å². The molecular weight excluding hydrogens is 412 g/mol. The topological polar surface area (TPSA) is 128 Å². The maximum Gasteiger partial charge on any atom is 0.376 e. The van der Waals surface area contributed by atoms with Gasteiger partial charge in [0, 0.05) is 31.4 Å². The molecule has 0 radical (unpaired) electrons. The first-order valence-electron chi connectivity index (χ1n) is 10.8. The number of nitrogens with zero attached hydrogens (tertiary/aromatic N) is 7. The van der Waals surface area contributed by atoms with Gasteiger partial charge in [-0.3, -0.25) is 9.69 Å². The second kappa shape index (κ2) is 8.23. The van der Waals surface area contributed by atoms with E-state index >= 15 is 0 Å². The summed E-state index contributed by atoms with van der Waals surface area (Å²) in [6, 6.07) is 0.0408. The van der Waals surface area contributed by atoms with Crippen molar-refractivity contribution in [3.63, 3.8) is 0 Å². The highest BCUT2D eigenvalue weighted by molar-refractivity contribution is 6.02. The molecule has 2 fully saturated rings. The second-order valence-electron chi connectivity index (χ2n) is 7.97. The van der Waals surface area contributed by atoms with Crippen LogP contribution < -0.4 is 10.2 Å². The van der Waals surface area contributed by atoms with Crippen molar-refractivity contribution < 1.29 is 14.3 Å². The standard InChI is InChI=1S/C21H24N8O3/c1-3-28-17(13-8-23-16(24-9-13)21(31)32-2)27-15-18(28)25-11-26-19(15)29(14-6-7-22-10-14)20(30)12-4-5-12/h8-9,11-12,14,22H,3-7,10H2,1-2H3. The summed E-state index contributed by atoms with van der Waals surface area (Å²) < 4.78 is 6.60. The maximum absolute atomic E-state index is 13.2. The zero-order valence-electron chi connectivity index (χ0n) is 18.0. The maximum atomic E-state index is 13.2. The average molecular weight is 436 g/mol. The number of carbonyl (C=O) groups excluding carboxylic acids is 2. The van der Waals surface area contributed by atoms with E-state index in [1.165, 1.54) is 25.8 Å². The molecule has 5 rings (SSSR count). The molecule has 1 amide bonds. The highest BCUT2D eigenvalue weighted by Gasteiger charge is 2.39. The number of methoxy groups -OCH3 is 1. The molecule has 1 atom stereocenters. The van der Waals surface area contributed by atoms with Gasteiger partial charge in [0.1, 0.15) is 12.2 Å². The number of nitrogens with one attached hydrogen (secondary N) is 1. The summed E-state index contributed by atoms with van der Waals surface area (Å²) in [6.45, 7) is 4.19. The largest absolute Gasteiger partial charge is 0.463 e. The Hall–Kier alpha value is -3.47. The summed E-state index contributed by atoms with van der Waals surface area (Å²) in [4.78, 5) is 48.7. The Kier molecular flexibility index (Phi) is 5.25. The number of esters is 1. The molecule has 11 nitrogen and oxygen atoms in total. The van der Waals surface area contributed by atoms with E-state index in [4.69, 9.17) is 4.98 Å². The molecule has 32 heavy (non-hydrogen) atoms. The molecule has 166 valence electrons. The van der Waals surface area contributed by atoms with Crippen LogP contribution in [0.5, 0.6) is 0 Å². The Balaban J connectivity index is 1.62. The Bertz CT molecular complexity index is 1170. The number of amides is 1. The van der Waals surface area contributed by atoms with E-state index < -0.39 is 5.97 Å². The monoisotopic (exact) mass is 436 g/mol. The number of aryl methyl sites for hydroxylation is 1. The van der Waals surface area contributed by atoms with Crippen molar-refractivity contribution in [1.82, 2.24) is 34.8 Å². The SMILES string of the molecule is CCn1c(-c2cnc(C(=O)OC)nc2)nc2c(N(C(=O)C3CC3)C3CCNC3)ncnc21. The molecule has 1 aliphatic carbocycles. The van der Waals surface area contributed by atoms with E-state index in [2.05, 4.69) is 30.0 Å². The zero-order valence-corrected chi connectivity index (χ0v) is 18.0. The van der Waals surface area contributed by atoms with Crippen LogP contribution in [0, 0.1) is 5.92 Å². The number of anilines is 1. The van der Waals surface area contributed by atoms with Crippen LogP contribution in [0.1, 0.15) is 36.8 Å². The normalized spacial score (nSPS) is 18.1. The molecule has 3 aromatic heterocycles. The van der Waals surface area contributed by atoms with Gasteiger partial charge >= 0.3 is 5.97 Å². The summed E-state index contributed by atoms with van der Waals surface area (Å²) >= 11 is 0. The molecule has 1 unspecified atom stereocenters. The number of carbonyl (C=O) groups is 2. The Morgan fingerprint density at radius 2 is 1.97 bits per heavy atom. The van der Waals surface area contributed by atoms with E-state index in [0.717, 1.165) is 32.4 Å². The van der Waals surface area contributed by atoms with Crippen LogP contribution in [-0.2, 0) is 16.1 Å². The van der Waals surface area contributed by atoms with Gasteiger partial charge in [0.2, 0.25) is 11.7 Å². The average Bonchev–Trinajstić information content (AvgIpc) is 3.41. The molecule has 1 saturated heterocycles. The van der Waals surface area contributed by atoms with Gasteiger partial charge in [0.25, 0.3) is 0 Å². The minimum atomic E-state index is -0.604. The van der Waals surface area contributed by atoms with Gasteiger partial charge in [-0.2, -0.15) is 0 Å². The van der Waals surface area contributed by atoms with E-state index in [9.17, 15) is 9.59 Å². The van der Waals surface area contributed by atoms with E-state index in [-0.39, 0.29) is 23.7 Å². The first kappa shape index (κ1) is 20.4. The zero-order chi connectivity index (χ0) is 22.2. The van der Waals surface area contributed by atoms with Crippen molar-refractivity contribution in [3.05, 3.63) is 24.5 Å². The lowest BCUT2D eigenvalue weighted by atomic mass is 10.2. The smallest absolute Gasteiger partial charge is 0.376 e. The molecule has 0 spiro atoms. The van der Waals surface area contributed by atoms with Crippen LogP contribution in [0.4, 0.5) is 5.82 Å². The Morgan fingerprint density at radius 1 is 1.19 bits per heavy atom. The summed E-state index contributed by atoms with van der Waals surface area (Å²) in [5.41, 5.74) is 1.84. The molecule has 11 heteroatoms. The number of rotatable bonds is 6. The lowest BCUT2D eigenvalue weighted by Gasteiger charge is -2.27. The molecule has 1 aliphatic heterocycles. The highest BCUT2D eigenvalue weighted by atomic mass is 16.5. The minimum absolute atomic E-state index is 0.0224. The fourth-order valence-corrected chi connectivity index (χ4v) is 4.11. The lowest BCUT2D eigenvalue weighted by Crippen LogP contribution is -2.43. The summed E-state index contributed by atoms with van der Waals surface area (Å²) in [7, 11) is 1.28. The predicted molar refractivity (Wildman–Crippen MR) is 115 cm³/mol. The molecule has 1 N–H and O–H groups in total. The van der Waals surface area contributed by atoms with Gasteiger partial charge in [-0.25, -0.2) is 29.7 Å². The van der Waals surface area contributed by atoms with Crippen LogP contribution in [0.25, 0.3) is 22.6 Å². The number of hydrogen-bond donors (Lipinski definition) is 1. The van der Waals surface area contributed by atoms with E-state index in [1.54, 1.807) is 0 Å². The van der Waals surface area contributed by atoms with Crippen LogP contribution in [0.3, 0.4) is 0 Å². The van der Waals surface area contributed by atoms with Crippen LogP contribution in [-0.4, -0.2) is 67.6 Å². The van der Waals surface area contributed by atoms with Crippen molar-refractivity contribution in [2.75, 3.05) is 25.1 Å². The first-order valence-corrected chi connectivity index (χ1v) is 10.8. The van der Waals surface area contributed by atoms with Crippen molar-refractivity contribution in [1.29, 1.82) is 0 Å². The molecular formula is C21H24N8O3. The van der Waals surface area contributed by atoms with Crippen molar-refractivity contribution >= 4 is 28.9 Å². The van der Waals surface area contributed by atoms with Gasteiger partial charge in [-0.1, -0.05) is 0 Å².